The zero-order valence-electron chi connectivity index (χ0n) is 9.69. The van der Waals surface area contributed by atoms with Gasteiger partial charge in [0.05, 0.1) is 6.04 Å². The van der Waals surface area contributed by atoms with Crippen LogP contribution in [0.2, 0.25) is 0 Å². The van der Waals surface area contributed by atoms with Crippen LogP contribution in [0.4, 0.5) is 0 Å². The van der Waals surface area contributed by atoms with Gasteiger partial charge in [-0.25, -0.2) is 0 Å². The molecule has 0 amide bonds. The minimum Gasteiger partial charge on any atom is -0.271 e. The van der Waals surface area contributed by atoms with Crippen LogP contribution in [0.15, 0.2) is 18.5 Å². The van der Waals surface area contributed by atoms with Crippen LogP contribution >= 0.6 is 0 Å². The number of nitrogens with two attached hydrogens (primary N) is 1. The van der Waals surface area contributed by atoms with Gasteiger partial charge in [0.1, 0.15) is 0 Å². The average molecular weight is 217 g/mol. The topological polar surface area (TPSA) is 50.9 Å². The van der Waals surface area contributed by atoms with Gasteiger partial charge in [-0.3, -0.25) is 16.3 Å². The predicted molar refractivity (Wildman–Crippen MR) is 63.4 cm³/mol. The van der Waals surface area contributed by atoms with Crippen LogP contribution in [0.25, 0.3) is 0 Å². The van der Waals surface area contributed by atoms with Crippen molar-refractivity contribution in [3.63, 3.8) is 0 Å². The van der Waals surface area contributed by atoms with Gasteiger partial charge in [-0.15, -0.1) is 0 Å². The van der Waals surface area contributed by atoms with Crippen LogP contribution in [0, 0.1) is 24.7 Å². The molecule has 1 heterocycles. The maximum atomic E-state index is 5.74. The maximum absolute atomic E-state index is 5.74. The van der Waals surface area contributed by atoms with E-state index in [0.717, 1.165) is 17.8 Å². The predicted octanol–water partition coefficient (Wildman–Crippen LogP) is 1.94. The third kappa shape index (κ3) is 1.46. The number of nitrogens with one attached hydrogen (secondary N) is 1. The van der Waals surface area contributed by atoms with Crippen molar-refractivity contribution >= 4 is 0 Å². The molecule has 3 heteroatoms. The lowest BCUT2D eigenvalue weighted by molar-refractivity contribution is 0.423. The van der Waals surface area contributed by atoms with E-state index in [9.17, 15) is 0 Å². The lowest BCUT2D eigenvalue weighted by Gasteiger charge is -2.19. The van der Waals surface area contributed by atoms with E-state index in [2.05, 4.69) is 23.4 Å². The zero-order chi connectivity index (χ0) is 11.1. The molecule has 0 aromatic carbocycles. The molecule has 3 atom stereocenters. The third-order valence-corrected chi connectivity index (χ3v) is 4.45. The van der Waals surface area contributed by atoms with E-state index < -0.39 is 0 Å². The standard InChI is InChI=1S/C13H19N3/c1-8-5-6-15-7-11(8)13(16-14)12-9-3-2-4-10(9)12/h5-7,9-10,12-13,16H,2-4,14H2,1H3. The Kier molecular flexibility index (Phi) is 2.45. The summed E-state index contributed by atoms with van der Waals surface area (Å²) in [6.07, 6.45) is 8.02. The molecule has 1 aromatic heterocycles. The second-order valence-electron chi connectivity index (χ2n) is 5.21. The highest BCUT2D eigenvalue weighted by molar-refractivity contribution is 5.28. The Labute approximate surface area is 96.4 Å². The Morgan fingerprint density at radius 1 is 1.44 bits per heavy atom. The van der Waals surface area contributed by atoms with E-state index in [4.69, 9.17) is 5.84 Å². The summed E-state index contributed by atoms with van der Waals surface area (Å²) < 4.78 is 0. The van der Waals surface area contributed by atoms with Gasteiger partial charge >= 0.3 is 0 Å². The molecule has 2 saturated carbocycles. The van der Waals surface area contributed by atoms with Gasteiger partial charge in [-0.1, -0.05) is 6.42 Å². The van der Waals surface area contributed by atoms with Crippen molar-refractivity contribution in [1.29, 1.82) is 0 Å². The van der Waals surface area contributed by atoms with Gasteiger partial charge in [-0.05, 0) is 54.7 Å². The molecule has 0 spiro atoms. The Morgan fingerprint density at radius 2 is 2.19 bits per heavy atom. The number of rotatable bonds is 3. The first-order valence-electron chi connectivity index (χ1n) is 6.19. The Balaban J connectivity index is 1.84. The lowest BCUT2D eigenvalue weighted by atomic mass is 9.96. The minimum atomic E-state index is 0.309. The summed E-state index contributed by atoms with van der Waals surface area (Å²) >= 11 is 0. The van der Waals surface area contributed by atoms with Crippen LogP contribution in [-0.2, 0) is 0 Å². The molecule has 3 rings (SSSR count). The fourth-order valence-electron chi connectivity index (χ4n) is 3.58. The molecule has 2 aliphatic carbocycles. The van der Waals surface area contributed by atoms with Gasteiger partial charge in [0, 0.05) is 12.4 Å². The van der Waals surface area contributed by atoms with Crippen molar-refractivity contribution in [3.05, 3.63) is 29.6 Å². The van der Waals surface area contributed by atoms with Crippen LogP contribution in [-0.4, -0.2) is 4.98 Å². The Morgan fingerprint density at radius 3 is 2.81 bits per heavy atom. The van der Waals surface area contributed by atoms with E-state index in [1.54, 1.807) is 0 Å². The minimum absolute atomic E-state index is 0.309. The largest absolute Gasteiger partial charge is 0.271 e. The Hall–Kier alpha value is -0.930. The molecule has 16 heavy (non-hydrogen) atoms. The van der Waals surface area contributed by atoms with Crippen LogP contribution in [0.5, 0.6) is 0 Å². The molecular weight excluding hydrogens is 198 g/mol. The number of fused-ring (bicyclic) bond motifs is 1. The summed E-state index contributed by atoms with van der Waals surface area (Å²) in [7, 11) is 0. The van der Waals surface area contributed by atoms with Crippen LogP contribution < -0.4 is 11.3 Å². The molecule has 86 valence electrons. The summed E-state index contributed by atoms with van der Waals surface area (Å²) in [4.78, 5) is 4.22. The highest BCUT2D eigenvalue weighted by Gasteiger charge is 2.56. The molecular formula is C13H19N3. The molecule has 2 aliphatic rings. The van der Waals surface area contributed by atoms with E-state index in [1.165, 1.54) is 30.4 Å². The molecule has 0 bridgehead atoms. The summed E-state index contributed by atoms with van der Waals surface area (Å²) in [5, 5.41) is 0. The Bertz CT molecular complexity index is 381. The number of pyridine rings is 1. The molecule has 3 N–H and O–H groups in total. The van der Waals surface area contributed by atoms with E-state index in [1.807, 2.05) is 12.4 Å². The number of aromatic nitrogens is 1. The molecule has 2 fully saturated rings. The van der Waals surface area contributed by atoms with E-state index >= 15 is 0 Å². The van der Waals surface area contributed by atoms with E-state index in [0.29, 0.717) is 6.04 Å². The highest BCUT2D eigenvalue weighted by atomic mass is 15.2. The van der Waals surface area contributed by atoms with Crippen LogP contribution in [0.1, 0.15) is 36.4 Å². The molecule has 1 aromatic rings. The molecule has 0 aliphatic heterocycles. The molecule has 3 unspecified atom stereocenters. The highest BCUT2D eigenvalue weighted by Crippen LogP contribution is 2.62. The molecule has 3 nitrogen and oxygen atoms in total. The summed E-state index contributed by atoms with van der Waals surface area (Å²) in [6.45, 7) is 2.14. The first-order valence-corrected chi connectivity index (χ1v) is 6.19. The number of hydrazine groups is 1. The second-order valence-corrected chi connectivity index (χ2v) is 5.21. The summed E-state index contributed by atoms with van der Waals surface area (Å²) in [6, 6.07) is 2.38. The quantitative estimate of drug-likeness (QED) is 0.601. The van der Waals surface area contributed by atoms with Gasteiger partial charge in [0.15, 0.2) is 0 Å². The van der Waals surface area contributed by atoms with Gasteiger partial charge in [0.2, 0.25) is 0 Å². The lowest BCUT2D eigenvalue weighted by Crippen LogP contribution is -2.31. The zero-order valence-corrected chi connectivity index (χ0v) is 9.69. The van der Waals surface area contributed by atoms with Crippen molar-refractivity contribution in [2.75, 3.05) is 0 Å². The first-order chi connectivity index (χ1) is 7.83. The number of aryl methyl sites for hydroxylation is 1. The van der Waals surface area contributed by atoms with E-state index in [-0.39, 0.29) is 0 Å². The fourth-order valence-corrected chi connectivity index (χ4v) is 3.58. The third-order valence-electron chi connectivity index (χ3n) is 4.45. The molecule has 0 radical (unpaired) electrons. The second kappa shape index (κ2) is 3.82. The SMILES string of the molecule is Cc1ccncc1C(NN)C1C2CCCC21. The van der Waals surface area contributed by atoms with Crippen molar-refractivity contribution in [2.24, 2.45) is 23.6 Å². The normalized spacial score (nSPS) is 33.5. The van der Waals surface area contributed by atoms with Gasteiger partial charge < -0.3 is 0 Å². The molecule has 0 saturated heterocycles. The first kappa shape index (κ1) is 10.2. The van der Waals surface area contributed by atoms with Crippen molar-refractivity contribution in [1.82, 2.24) is 10.4 Å². The summed E-state index contributed by atoms with van der Waals surface area (Å²) in [5.41, 5.74) is 5.59. The number of nitrogens with zero attached hydrogens (tertiary/aromatic N) is 1. The number of hydrogen-bond donors (Lipinski definition) is 2. The average Bonchev–Trinajstić information content (AvgIpc) is 2.76. The monoisotopic (exact) mass is 217 g/mol. The van der Waals surface area contributed by atoms with Crippen LogP contribution in [0.3, 0.4) is 0 Å². The van der Waals surface area contributed by atoms with Crippen molar-refractivity contribution in [3.8, 4) is 0 Å². The number of hydrogen-bond acceptors (Lipinski definition) is 3. The van der Waals surface area contributed by atoms with Crippen molar-refractivity contribution < 1.29 is 0 Å². The smallest absolute Gasteiger partial charge is 0.0511 e. The fraction of sp³-hybridized carbons (Fsp3) is 0.615. The maximum Gasteiger partial charge on any atom is 0.0511 e. The van der Waals surface area contributed by atoms with Gasteiger partial charge in [0.25, 0.3) is 0 Å². The van der Waals surface area contributed by atoms with Gasteiger partial charge in [-0.2, -0.15) is 0 Å². The van der Waals surface area contributed by atoms with Crippen molar-refractivity contribution in [2.45, 2.75) is 32.2 Å². The summed E-state index contributed by atoms with van der Waals surface area (Å²) in [5.74, 6) is 8.33.